The second kappa shape index (κ2) is 8.08. The molecule has 0 bridgehead atoms. The predicted octanol–water partition coefficient (Wildman–Crippen LogP) is 2.30. The summed E-state index contributed by atoms with van der Waals surface area (Å²) in [5.74, 6) is -0.380. The van der Waals surface area contributed by atoms with Gasteiger partial charge in [-0.05, 0) is 22.4 Å². The number of carbonyl (C=O) groups is 1. The zero-order chi connectivity index (χ0) is 21.1. The fourth-order valence-corrected chi connectivity index (χ4v) is 3.49. The van der Waals surface area contributed by atoms with Gasteiger partial charge in [-0.25, -0.2) is 4.79 Å². The van der Waals surface area contributed by atoms with E-state index < -0.39 is 23.2 Å². The van der Waals surface area contributed by atoms with Crippen molar-refractivity contribution in [1.82, 2.24) is 14.9 Å². The molecule has 1 amide bonds. The van der Waals surface area contributed by atoms with E-state index in [0.29, 0.717) is 5.56 Å². The number of phenolic OH excluding ortho intramolecular Hbond substituents is 1. The van der Waals surface area contributed by atoms with Gasteiger partial charge in [0.25, 0.3) is 5.56 Å². The summed E-state index contributed by atoms with van der Waals surface area (Å²) in [5, 5.41) is 15.3. The van der Waals surface area contributed by atoms with Crippen molar-refractivity contribution in [3.05, 3.63) is 111 Å². The van der Waals surface area contributed by atoms with E-state index in [1.54, 1.807) is 6.07 Å². The van der Waals surface area contributed by atoms with Crippen molar-refractivity contribution in [2.75, 3.05) is 0 Å². The normalized spacial score (nSPS) is 11.9. The lowest BCUT2D eigenvalue weighted by atomic mass is 9.92. The van der Waals surface area contributed by atoms with Crippen LogP contribution in [0.4, 0.5) is 0 Å². The second-order valence-electron chi connectivity index (χ2n) is 6.87. The molecule has 1 heterocycles. The number of nitrogens with zero attached hydrogens (tertiary/aromatic N) is 1. The molecule has 3 aromatic carbocycles. The number of benzene rings is 3. The Bertz CT molecular complexity index is 1330. The van der Waals surface area contributed by atoms with Crippen LogP contribution in [0.25, 0.3) is 10.8 Å². The Morgan fingerprint density at radius 2 is 1.70 bits per heavy atom. The van der Waals surface area contributed by atoms with Gasteiger partial charge in [0.2, 0.25) is 5.91 Å². The van der Waals surface area contributed by atoms with Crippen LogP contribution < -0.4 is 16.6 Å². The van der Waals surface area contributed by atoms with Crippen LogP contribution in [0.3, 0.4) is 0 Å². The van der Waals surface area contributed by atoms with Crippen molar-refractivity contribution in [3.63, 3.8) is 0 Å². The Kier molecular flexibility index (Phi) is 5.17. The monoisotopic (exact) mass is 401 g/mol. The highest BCUT2D eigenvalue weighted by Crippen LogP contribution is 2.35. The maximum Gasteiger partial charge on any atom is 0.328 e. The fourth-order valence-electron chi connectivity index (χ4n) is 3.49. The molecule has 0 aliphatic heterocycles. The Hall–Kier alpha value is -4.13. The Labute approximate surface area is 171 Å². The SMILES string of the molecule is O=C(Cn1ccc(=O)[nH]c1=O)N[C@@H](c1ccccc1)c1c(O)ccc2ccccc12. The van der Waals surface area contributed by atoms with Crippen LogP contribution in [0.2, 0.25) is 0 Å². The average Bonchev–Trinajstić information content (AvgIpc) is 2.75. The third-order valence-corrected chi connectivity index (χ3v) is 4.89. The highest BCUT2D eigenvalue weighted by atomic mass is 16.3. The first-order valence-corrected chi connectivity index (χ1v) is 9.37. The van der Waals surface area contributed by atoms with Gasteiger partial charge in [0.15, 0.2) is 0 Å². The van der Waals surface area contributed by atoms with E-state index in [4.69, 9.17) is 0 Å². The second-order valence-corrected chi connectivity index (χ2v) is 6.87. The van der Waals surface area contributed by atoms with E-state index in [1.165, 1.54) is 12.3 Å². The summed E-state index contributed by atoms with van der Waals surface area (Å²) in [6.07, 6.45) is 1.27. The molecule has 4 rings (SSSR count). The first-order valence-electron chi connectivity index (χ1n) is 9.37. The summed E-state index contributed by atoms with van der Waals surface area (Å²) < 4.78 is 1.11. The molecule has 1 atom stereocenters. The highest BCUT2D eigenvalue weighted by Gasteiger charge is 2.22. The van der Waals surface area contributed by atoms with Gasteiger partial charge in [-0.2, -0.15) is 0 Å². The van der Waals surface area contributed by atoms with Gasteiger partial charge in [-0.3, -0.25) is 19.1 Å². The van der Waals surface area contributed by atoms with E-state index in [2.05, 4.69) is 10.3 Å². The molecule has 0 saturated heterocycles. The first-order chi connectivity index (χ1) is 14.5. The molecule has 4 aromatic rings. The number of hydrogen-bond acceptors (Lipinski definition) is 4. The zero-order valence-corrected chi connectivity index (χ0v) is 15.9. The maximum absolute atomic E-state index is 12.8. The van der Waals surface area contributed by atoms with E-state index in [1.807, 2.05) is 60.7 Å². The van der Waals surface area contributed by atoms with Crippen molar-refractivity contribution in [2.45, 2.75) is 12.6 Å². The standard InChI is InChI=1S/C23H19N3O4/c27-18-11-10-15-6-4-5-9-17(15)21(18)22(16-7-2-1-3-8-16)24-20(29)14-26-13-12-19(28)25-23(26)30/h1-13,22,27H,14H2,(H,24,29)(H,25,28,30)/t22-/m0/s1. The van der Waals surface area contributed by atoms with Gasteiger partial charge < -0.3 is 10.4 Å². The first kappa shape index (κ1) is 19.2. The predicted molar refractivity (Wildman–Crippen MR) is 113 cm³/mol. The number of carbonyl (C=O) groups excluding carboxylic acids is 1. The third kappa shape index (κ3) is 3.86. The summed E-state index contributed by atoms with van der Waals surface area (Å²) in [5.41, 5.74) is 0.161. The largest absolute Gasteiger partial charge is 0.508 e. The quantitative estimate of drug-likeness (QED) is 0.477. The zero-order valence-electron chi connectivity index (χ0n) is 15.9. The van der Waals surface area contributed by atoms with Crippen LogP contribution >= 0.6 is 0 Å². The number of H-pyrrole nitrogens is 1. The van der Waals surface area contributed by atoms with Gasteiger partial charge in [0.05, 0.1) is 6.04 Å². The van der Waals surface area contributed by atoms with Crippen LogP contribution in [-0.2, 0) is 11.3 Å². The molecule has 7 nitrogen and oxygen atoms in total. The number of rotatable bonds is 5. The maximum atomic E-state index is 12.8. The Balaban J connectivity index is 1.75. The lowest BCUT2D eigenvalue weighted by molar-refractivity contribution is -0.122. The molecule has 0 saturated carbocycles. The van der Waals surface area contributed by atoms with Gasteiger partial charge in [-0.15, -0.1) is 0 Å². The Morgan fingerprint density at radius 3 is 2.47 bits per heavy atom. The molecule has 30 heavy (non-hydrogen) atoms. The van der Waals surface area contributed by atoms with Crippen LogP contribution in [0.5, 0.6) is 5.75 Å². The van der Waals surface area contributed by atoms with E-state index in [-0.39, 0.29) is 12.3 Å². The molecular formula is C23H19N3O4. The van der Waals surface area contributed by atoms with Gasteiger partial charge in [0, 0.05) is 17.8 Å². The minimum Gasteiger partial charge on any atom is -0.508 e. The lowest BCUT2D eigenvalue weighted by Gasteiger charge is -2.23. The van der Waals surface area contributed by atoms with Crippen LogP contribution in [0.15, 0.2) is 88.6 Å². The van der Waals surface area contributed by atoms with Crippen LogP contribution in [-0.4, -0.2) is 20.6 Å². The van der Waals surface area contributed by atoms with Crippen molar-refractivity contribution in [3.8, 4) is 5.75 Å². The highest BCUT2D eigenvalue weighted by molar-refractivity contribution is 5.89. The third-order valence-electron chi connectivity index (χ3n) is 4.89. The molecule has 0 radical (unpaired) electrons. The lowest BCUT2D eigenvalue weighted by Crippen LogP contribution is -2.37. The van der Waals surface area contributed by atoms with Gasteiger partial charge in [0.1, 0.15) is 12.3 Å². The molecule has 1 aromatic heterocycles. The topological polar surface area (TPSA) is 104 Å². The minimum atomic E-state index is -0.665. The molecule has 0 fully saturated rings. The van der Waals surface area contributed by atoms with Crippen molar-refractivity contribution in [1.29, 1.82) is 0 Å². The fraction of sp³-hybridized carbons (Fsp3) is 0.0870. The molecule has 3 N–H and O–H groups in total. The van der Waals surface area contributed by atoms with E-state index >= 15 is 0 Å². The van der Waals surface area contributed by atoms with E-state index in [0.717, 1.165) is 20.9 Å². The summed E-state index contributed by atoms with van der Waals surface area (Å²) in [6, 6.07) is 20.8. The summed E-state index contributed by atoms with van der Waals surface area (Å²) in [4.78, 5) is 38.1. The summed E-state index contributed by atoms with van der Waals surface area (Å²) in [6.45, 7) is -0.273. The summed E-state index contributed by atoms with van der Waals surface area (Å²) >= 11 is 0. The number of phenols is 1. The molecule has 0 spiro atoms. The van der Waals surface area contributed by atoms with Gasteiger partial charge in [-0.1, -0.05) is 60.7 Å². The van der Waals surface area contributed by atoms with Crippen LogP contribution in [0.1, 0.15) is 17.2 Å². The molecule has 0 aliphatic rings. The summed E-state index contributed by atoms with van der Waals surface area (Å²) in [7, 11) is 0. The van der Waals surface area contributed by atoms with Crippen LogP contribution in [0, 0.1) is 0 Å². The number of aromatic nitrogens is 2. The number of nitrogens with one attached hydrogen (secondary N) is 2. The van der Waals surface area contributed by atoms with Crippen molar-refractivity contribution >= 4 is 16.7 Å². The molecule has 0 aliphatic carbocycles. The van der Waals surface area contributed by atoms with E-state index in [9.17, 15) is 19.5 Å². The smallest absolute Gasteiger partial charge is 0.328 e. The van der Waals surface area contributed by atoms with Crippen molar-refractivity contribution in [2.24, 2.45) is 0 Å². The van der Waals surface area contributed by atoms with Crippen molar-refractivity contribution < 1.29 is 9.90 Å². The Morgan fingerprint density at radius 1 is 0.967 bits per heavy atom. The molecular weight excluding hydrogens is 382 g/mol. The number of aromatic hydroxyl groups is 1. The van der Waals surface area contributed by atoms with Gasteiger partial charge >= 0.3 is 5.69 Å². The molecule has 150 valence electrons. The molecule has 0 unspecified atom stereocenters. The number of amides is 1. The number of hydrogen-bond donors (Lipinski definition) is 3. The molecule has 7 heteroatoms. The average molecular weight is 401 g/mol. The number of fused-ring (bicyclic) bond motifs is 1. The number of aromatic amines is 1. The minimum absolute atomic E-state index is 0.0593.